The fourth-order valence-corrected chi connectivity index (χ4v) is 3.77. The number of aliphatic hydroxyl groups is 1. The number of ether oxygens (including phenoxy) is 1. The third kappa shape index (κ3) is 3.00. The summed E-state index contributed by atoms with van der Waals surface area (Å²) in [5, 5.41) is 10.1. The quantitative estimate of drug-likeness (QED) is 0.806. The molecule has 2 heterocycles. The van der Waals surface area contributed by atoms with Crippen molar-refractivity contribution in [2.75, 3.05) is 32.8 Å². The van der Waals surface area contributed by atoms with Gasteiger partial charge in [0, 0.05) is 38.8 Å². The van der Waals surface area contributed by atoms with Crippen molar-refractivity contribution in [2.24, 2.45) is 0 Å². The Morgan fingerprint density at radius 2 is 1.75 bits per heavy atom. The Morgan fingerprint density at radius 3 is 2.40 bits per heavy atom. The van der Waals surface area contributed by atoms with Crippen LogP contribution >= 0.6 is 0 Å². The van der Waals surface area contributed by atoms with Crippen molar-refractivity contribution in [3.63, 3.8) is 0 Å². The van der Waals surface area contributed by atoms with Gasteiger partial charge in [-0.2, -0.15) is 0 Å². The van der Waals surface area contributed by atoms with Crippen molar-refractivity contribution < 1.29 is 14.6 Å². The van der Waals surface area contributed by atoms with Gasteiger partial charge in [-0.3, -0.25) is 9.69 Å². The van der Waals surface area contributed by atoms with E-state index in [1.807, 2.05) is 4.90 Å². The standard InChI is InChI=1S/C15H26N2O3/c18-13-5-2-1-4-12(13)16-7-9-17(10-8-16)15(19)14-6-3-11-20-14/h12-14,18H,1-11H2. The van der Waals surface area contributed by atoms with E-state index in [-0.39, 0.29) is 18.1 Å². The molecule has 1 N–H and O–H groups in total. The van der Waals surface area contributed by atoms with Crippen LogP contribution in [0.15, 0.2) is 0 Å². The third-order valence-corrected chi connectivity index (χ3v) is 4.99. The van der Waals surface area contributed by atoms with Crippen LogP contribution in [0.2, 0.25) is 0 Å². The lowest BCUT2D eigenvalue weighted by Gasteiger charge is -2.43. The molecule has 3 rings (SSSR count). The summed E-state index contributed by atoms with van der Waals surface area (Å²) in [7, 11) is 0. The summed E-state index contributed by atoms with van der Waals surface area (Å²) in [6.07, 6.45) is 5.91. The molecule has 1 saturated carbocycles. The van der Waals surface area contributed by atoms with Crippen molar-refractivity contribution in [1.82, 2.24) is 9.80 Å². The van der Waals surface area contributed by atoms with Crippen LogP contribution in [0.3, 0.4) is 0 Å². The van der Waals surface area contributed by atoms with Gasteiger partial charge in [-0.15, -0.1) is 0 Å². The number of hydrogen-bond acceptors (Lipinski definition) is 4. The highest BCUT2D eigenvalue weighted by Gasteiger charge is 2.34. The second kappa shape index (κ2) is 6.41. The molecule has 0 aromatic carbocycles. The number of carbonyl (C=O) groups excluding carboxylic acids is 1. The van der Waals surface area contributed by atoms with Gasteiger partial charge >= 0.3 is 0 Å². The van der Waals surface area contributed by atoms with Crippen molar-refractivity contribution in [1.29, 1.82) is 0 Å². The highest BCUT2D eigenvalue weighted by molar-refractivity contribution is 5.81. The number of carbonyl (C=O) groups is 1. The Balaban J connectivity index is 1.50. The highest BCUT2D eigenvalue weighted by atomic mass is 16.5. The number of hydrogen-bond donors (Lipinski definition) is 1. The maximum atomic E-state index is 12.3. The molecule has 1 aliphatic carbocycles. The Bertz CT molecular complexity index is 336. The predicted octanol–water partition coefficient (Wildman–Crippen LogP) is 0.613. The molecular formula is C15H26N2O3. The first-order chi connectivity index (χ1) is 9.75. The van der Waals surface area contributed by atoms with E-state index in [0.717, 1.165) is 64.9 Å². The van der Waals surface area contributed by atoms with Crippen LogP contribution in [0.5, 0.6) is 0 Å². The molecule has 20 heavy (non-hydrogen) atoms. The molecular weight excluding hydrogens is 256 g/mol. The smallest absolute Gasteiger partial charge is 0.251 e. The molecule has 3 aliphatic rings. The summed E-state index contributed by atoms with van der Waals surface area (Å²) < 4.78 is 5.48. The molecule has 1 amide bonds. The molecule has 0 bridgehead atoms. The van der Waals surface area contributed by atoms with Gasteiger partial charge in [0.1, 0.15) is 6.10 Å². The first kappa shape index (κ1) is 14.3. The van der Waals surface area contributed by atoms with E-state index in [2.05, 4.69) is 4.90 Å². The SMILES string of the molecule is O=C(C1CCCO1)N1CCN(C2CCCCC2O)CC1. The molecule has 114 valence electrons. The van der Waals surface area contributed by atoms with Gasteiger partial charge in [-0.05, 0) is 25.7 Å². The molecule has 0 radical (unpaired) electrons. The van der Waals surface area contributed by atoms with Gasteiger partial charge < -0.3 is 14.7 Å². The summed E-state index contributed by atoms with van der Waals surface area (Å²) in [5.74, 6) is 0.173. The van der Waals surface area contributed by atoms with Gasteiger partial charge in [0.15, 0.2) is 0 Å². The zero-order valence-corrected chi connectivity index (χ0v) is 12.2. The topological polar surface area (TPSA) is 53.0 Å². The molecule has 2 aliphatic heterocycles. The molecule has 3 fully saturated rings. The van der Waals surface area contributed by atoms with Gasteiger partial charge in [0.2, 0.25) is 0 Å². The van der Waals surface area contributed by atoms with Gasteiger partial charge in [-0.25, -0.2) is 0 Å². The van der Waals surface area contributed by atoms with Gasteiger partial charge in [0.05, 0.1) is 6.10 Å². The Labute approximate surface area is 120 Å². The van der Waals surface area contributed by atoms with Crippen LogP contribution in [0.1, 0.15) is 38.5 Å². The molecule has 5 heteroatoms. The minimum absolute atomic E-state index is 0.173. The molecule has 2 saturated heterocycles. The predicted molar refractivity (Wildman–Crippen MR) is 75.4 cm³/mol. The molecule has 3 atom stereocenters. The van der Waals surface area contributed by atoms with Crippen molar-refractivity contribution >= 4 is 5.91 Å². The van der Waals surface area contributed by atoms with Crippen LogP contribution in [-0.2, 0) is 9.53 Å². The molecule has 3 unspecified atom stereocenters. The van der Waals surface area contributed by atoms with E-state index in [0.29, 0.717) is 6.04 Å². The average molecular weight is 282 g/mol. The van der Waals surface area contributed by atoms with Crippen molar-refractivity contribution in [2.45, 2.75) is 56.8 Å². The minimum Gasteiger partial charge on any atom is -0.391 e. The second-order valence-corrected chi connectivity index (χ2v) is 6.28. The second-order valence-electron chi connectivity index (χ2n) is 6.28. The first-order valence-electron chi connectivity index (χ1n) is 8.08. The Kier molecular flexibility index (Phi) is 4.58. The van der Waals surface area contributed by atoms with Crippen LogP contribution in [0.4, 0.5) is 0 Å². The summed E-state index contributed by atoms with van der Waals surface area (Å²) in [6.45, 7) is 4.06. The first-order valence-corrected chi connectivity index (χ1v) is 8.08. The van der Waals surface area contributed by atoms with Crippen molar-refractivity contribution in [3.05, 3.63) is 0 Å². The molecule has 0 aromatic heterocycles. The largest absolute Gasteiger partial charge is 0.391 e. The lowest BCUT2D eigenvalue weighted by molar-refractivity contribution is -0.143. The van der Waals surface area contributed by atoms with Gasteiger partial charge in [-0.1, -0.05) is 12.8 Å². The normalized spacial score (nSPS) is 36.2. The summed E-state index contributed by atoms with van der Waals surface area (Å²) >= 11 is 0. The molecule has 0 spiro atoms. The lowest BCUT2D eigenvalue weighted by atomic mass is 9.91. The third-order valence-electron chi connectivity index (χ3n) is 4.99. The number of nitrogens with zero attached hydrogens (tertiary/aromatic N) is 2. The zero-order valence-electron chi connectivity index (χ0n) is 12.2. The average Bonchev–Trinajstić information content (AvgIpc) is 3.01. The fourth-order valence-electron chi connectivity index (χ4n) is 3.77. The van der Waals surface area contributed by atoms with Crippen LogP contribution < -0.4 is 0 Å². The maximum Gasteiger partial charge on any atom is 0.251 e. The van der Waals surface area contributed by atoms with Crippen LogP contribution in [-0.4, -0.2) is 71.8 Å². The lowest BCUT2D eigenvalue weighted by Crippen LogP contribution is -2.56. The number of amides is 1. The number of piperazine rings is 1. The van der Waals surface area contributed by atoms with E-state index < -0.39 is 0 Å². The Morgan fingerprint density at radius 1 is 1.00 bits per heavy atom. The molecule has 5 nitrogen and oxygen atoms in total. The zero-order chi connectivity index (χ0) is 13.9. The van der Waals surface area contributed by atoms with E-state index in [1.54, 1.807) is 0 Å². The van der Waals surface area contributed by atoms with E-state index in [9.17, 15) is 9.90 Å². The maximum absolute atomic E-state index is 12.3. The van der Waals surface area contributed by atoms with E-state index in [1.165, 1.54) is 6.42 Å². The van der Waals surface area contributed by atoms with Crippen LogP contribution in [0.25, 0.3) is 0 Å². The highest BCUT2D eigenvalue weighted by Crippen LogP contribution is 2.24. The summed E-state index contributed by atoms with van der Waals surface area (Å²) in [6, 6.07) is 0.309. The van der Waals surface area contributed by atoms with E-state index in [4.69, 9.17) is 4.74 Å². The Hall–Kier alpha value is -0.650. The van der Waals surface area contributed by atoms with Crippen LogP contribution in [0, 0.1) is 0 Å². The van der Waals surface area contributed by atoms with E-state index >= 15 is 0 Å². The number of aliphatic hydroxyl groups excluding tert-OH is 1. The molecule has 0 aromatic rings. The van der Waals surface area contributed by atoms with Crippen molar-refractivity contribution in [3.8, 4) is 0 Å². The number of rotatable bonds is 2. The van der Waals surface area contributed by atoms with Gasteiger partial charge in [0.25, 0.3) is 5.91 Å². The minimum atomic E-state index is -0.193. The summed E-state index contributed by atoms with van der Waals surface area (Å²) in [4.78, 5) is 16.6. The summed E-state index contributed by atoms with van der Waals surface area (Å²) in [5.41, 5.74) is 0. The monoisotopic (exact) mass is 282 g/mol. The fraction of sp³-hybridized carbons (Fsp3) is 0.933.